The lowest BCUT2D eigenvalue weighted by Gasteiger charge is -2.18. The number of carbonyl (C=O) groups is 3. The molecular formula is C72H138O6. The highest BCUT2D eigenvalue weighted by atomic mass is 16.6. The van der Waals surface area contributed by atoms with Crippen molar-refractivity contribution in [3.63, 3.8) is 0 Å². The summed E-state index contributed by atoms with van der Waals surface area (Å²) in [4.78, 5) is 38.4. The summed E-state index contributed by atoms with van der Waals surface area (Å²) in [6, 6.07) is 0. The van der Waals surface area contributed by atoms with Crippen LogP contribution in [0.4, 0.5) is 0 Å². The zero-order valence-electron chi connectivity index (χ0n) is 53.2. The molecule has 0 radical (unpaired) electrons. The van der Waals surface area contributed by atoms with Crippen LogP contribution in [-0.4, -0.2) is 37.2 Å². The van der Waals surface area contributed by atoms with Gasteiger partial charge in [-0.25, -0.2) is 0 Å². The fraction of sp³-hybridized carbons (Fsp3) is 0.931. The zero-order chi connectivity index (χ0) is 56.4. The third-order valence-corrected chi connectivity index (χ3v) is 16.5. The standard InChI is InChI=1S/C72H138O6/c1-4-7-10-13-16-19-22-25-28-30-32-33-34-35-36-37-38-40-41-44-47-50-53-56-59-62-65-71(74)77-68-69(67-76-70(73)64-61-58-55-52-49-46-43-27-24-21-18-15-12-9-6-3)78-72(75)66-63-60-57-54-51-48-45-42-39-31-29-26-23-20-17-14-11-8-5-2/h26,29,69H,4-25,27-28,30-68H2,1-3H3/b29-26-. The Balaban J connectivity index is 4.22. The Kier molecular flexibility index (Phi) is 66.0. The molecule has 0 aliphatic heterocycles. The Morgan fingerprint density at radius 1 is 0.244 bits per heavy atom. The average Bonchev–Trinajstić information content (AvgIpc) is 3.44. The Bertz CT molecular complexity index is 1210. The van der Waals surface area contributed by atoms with Gasteiger partial charge < -0.3 is 14.2 Å². The number of hydrogen-bond acceptors (Lipinski definition) is 6. The van der Waals surface area contributed by atoms with Crippen LogP contribution in [0.25, 0.3) is 0 Å². The summed E-state index contributed by atoms with van der Waals surface area (Å²) in [5, 5.41) is 0. The van der Waals surface area contributed by atoms with Gasteiger partial charge in [-0.05, 0) is 44.9 Å². The summed E-state index contributed by atoms with van der Waals surface area (Å²) in [6.45, 7) is 6.73. The largest absolute Gasteiger partial charge is 0.462 e. The predicted molar refractivity (Wildman–Crippen MR) is 340 cm³/mol. The lowest BCUT2D eigenvalue weighted by Crippen LogP contribution is -2.30. The maximum atomic E-state index is 12.9. The lowest BCUT2D eigenvalue weighted by molar-refractivity contribution is -0.167. The number of allylic oxidation sites excluding steroid dienone is 2. The van der Waals surface area contributed by atoms with E-state index in [9.17, 15) is 14.4 Å². The maximum Gasteiger partial charge on any atom is 0.306 e. The Morgan fingerprint density at radius 3 is 0.641 bits per heavy atom. The highest BCUT2D eigenvalue weighted by Crippen LogP contribution is 2.19. The van der Waals surface area contributed by atoms with E-state index in [2.05, 4.69) is 32.9 Å². The van der Waals surface area contributed by atoms with E-state index < -0.39 is 6.10 Å². The average molecular weight is 1100 g/mol. The quantitative estimate of drug-likeness (QED) is 0.0261. The second-order valence-corrected chi connectivity index (χ2v) is 24.5. The van der Waals surface area contributed by atoms with Gasteiger partial charge in [0.15, 0.2) is 6.10 Å². The van der Waals surface area contributed by atoms with Gasteiger partial charge >= 0.3 is 17.9 Å². The molecule has 6 nitrogen and oxygen atoms in total. The van der Waals surface area contributed by atoms with Crippen LogP contribution in [0.2, 0.25) is 0 Å². The molecule has 78 heavy (non-hydrogen) atoms. The third kappa shape index (κ3) is 65.0. The van der Waals surface area contributed by atoms with Crippen LogP contribution in [0, 0.1) is 0 Å². The van der Waals surface area contributed by atoms with Crippen LogP contribution >= 0.6 is 0 Å². The molecule has 462 valence electrons. The molecule has 6 heteroatoms. The first-order chi connectivity index (χ1) is 38.5. The van der Waals surface area contributed by atoms with Crippen LogP contribution in [0.1, 0.15) is 412 Å². The van der Waals surface area contributed by atoms with Crippen molar-refractivity contribution in [2.24, 2.45) is 0 Å². The minimum absolute atomic E-state index is 0.0637. The van der Waals surface area contributed by atoms with E-state index in [4.69, 9.17) is 14.2 Å². The molecule has 0 N–H and O–H groups in total. The van der Waals surface area contributed by atoms with Crippen molar-refractivity contribution >= 4 is 17.9 Å². The normalized spacial score (nSPS) is 12.0. The summed E-state index contributed by atoms with van der Waals surface area (Å²) in [7, 11) is 0. The fourth-order valence-electron chi connectivity index (χ4n) is 11.2. The highest BCUT2D eigenvalue weighted by molar-refractivity contribution is 5.71. The van der Waals surface area contributed by atoms with Crippen molar-refractivity contribution in [1.82, 2.24) is 0 Å². The molecule has 0 amide bonds. The van der Waals surface area contributed by atoms with E-state index in [-0.39, 0.29) is 31.1 Å². The molecule has 0 aliphatic rings. The van der Waals surface area contributed by atoms with Crippen LogP contribution in [0.5, 0.6) is 0 Å². The second kappa shape index (κ2) is 67.7. The van der Waals surface area contributed by atoms with Crippen LogP contribution in [0.3, 0.4) is 0 Å². The minimum Gasteiger partial charge on any atom is -0.462 e. The molecule has 0 fully saturated rings. The summed E-state index contributed by atoms with van der Waals surface area (Å²) in [5.74, 6) is -0.829. The number of hydrogen-bond donors (Lipinski definition) is 0. The number of esters is 3. The first-order valence-corrected chi connectivity index (χ1v) is 35.7. The summed E-state index contributed by atoms with van der Waals surface area (Å²) >= 11 is 0. The summed E-state index contributed by atoms with van der Waals surface area (Å²) in [5.41, 5.74) is 0. The third-order valence-electron chi connectivity index (χ3n) is 16.5. The van der Waals surface area contributed by atoms with Crippen molar-refractivity contribution < 1.29 is 28.6 Å². The maximum absolute atomic E-state index is 12.9. The van der Waals surface area contributed by atoms with Crippen LogP contribution in [0.15, 0.2) is 12.2 Å². The van der Waals surface area contributed by atoms with E-state index in [1.807, 2.05) is 0 Å². The predicted octanol–water partition coefficient (Wildman–Crippen LogP) is 24.4. The first-order valence-electron chi connectivity index (χ1n) is 35.7. The van der Waals surface area contributed by atoms with Gasteiger partial charge in [0.2, 0.25) is 0 Å². The van der Waals surface area contributed by atoms with E-state index in [0.717, 1.165) is 57.8 Å². The molecule has 0 aliphatic carbocycles. The molecule has 0 bridgehead atoms. The van der Waals surface area contributed by atoms with Gasteiger partial charge in [0.25, 0.3) is 0 Å². The van der Waals surface area contributed by atoms with Crippen molar-refractivity contribution in [3.8, 4) is 0 Å². The van der Waals surface area contributed by atoms with Gasteiger partial charge in [-0.3, -0.25) is 14.4 Å². The molecule has 0 aromatic heterocycles. The summed E-state index contributed by atoms with van der Waals surface area (Å²) in [6.07, 6.45) is 81.0. The lowest BCUT2D eigenvalue weighted by atomic mass is 10.0. The van der Waals surface area contributed by atoms with Gasteiger partial charge in [-0.15, -0.1) is 0 Å². The van der Waals surface area contributed by atoms with Crippen molar-refractivity contribution in [2.75, 3.05) is 13.2 Å². The van der Waals surface area contributed by atoms with E-state index in [1.165, 1.54) is 315 Å². The molecule has 0 rings (SSSR count). The monoisotopic (exact) mass is 1100 g/mol. The number of unbranched alkanes of at least 4 members (excludes halogenated alkanes) is 54. The Labute approximate surface area is 488 Å². The first kappa shape index (κ1) is 76.1. The van der Waals surface area contributed by atoms with Crippen LogP contribution < -0.4 is 0 Å². The van der Waals surface area contributed by atoms with Gasteiger partial charge in [-0.1, -0.05) is 360 Å². The SMILES string of the molecule is CCCCCCCC/C=C\CCCCCCCCCCCC(=O)OC(COC(=O)CCCCCCCCCCCCCCCCC)COC(=O)CCCCCCCCCCCCCCCCCCCCCCCCCCCC. The van der Waals surface area contributed by atoms with Gasteiger partial charge in [0, 0.05) is 19.3 Å². The van der Waals surface area contributed by atoms with Crippen molar-refractivity contribution in [2.45, 2.75) is 419 Å². The van der Waals surface area contributed by atoms with Gasteiger partial charge in [0.1, 0.15) is 13.2 Å². The summed E-state index contributed by atoms with van der Waals surface area (Å²) < 4.78 is 17.0. The van der Waals surface area contributed by atoms with Crippen molar-refractivity contribution in [3.05, 3.63) is 12.2 Å². The van der Waals surface area contributed by atoms with Gasteiger partial charge in [-0.2, -0.15) is 0 Å². The molecule has 0 aromatic carbocycles. The fourth-order valence-corrected chi connectivity index (χ4v) is 11.2. The molecule has 0 saturated heterocycles. The van der Waals surface area contributed by atoms with Gasteiger partial charge in [0.05, 0.1) is 0 Å². The molecule has 1 atom stereocenters. The number of ether oxygens (including phenoxy) is 3. The minimum atomic E-state index is -0.767. The number of carbonyl (C=O) groups excluding carboxylic acids is 3. The molecular weight excluding hydrogens is 961 g/mol. The second-order valence-electron chi connectivity index (χ2n) is 24.5. The zero-order valence-corrected chi connectivity index (χ0v) is 53.2. The van der Waals surface area contributed by atoms with E-state index in [0.29, 0.717) is 19.3 Å². The van der Waals surface area contributed by atoms with E-state index in [1.54, 1.807) is 0 Å². The molecule has 1 unspecified atom stereocenters. The van der Waals surface area contributed by atoms with E-state index >= 15 is 0 Å². The molecule has 0 aromatic rings. The van der Waals surface area contributed by atoms with Crippen LogP contribution in [-0.2, 0) is 28.6 Å². The van der Waals surface area contributed by atoms with Crippen molar-refractivity contribution in [1.29, 1.82) is 0 Å². The Hall–Kier alpha value is -1.85. The topological polar surface area (TPSA) is 78.9 Å². The smallest absolute Gasteiger partial charge is 0.306 e. The molecule has 0 saturated carbocycles. The Morgan fingerprint density at radius 2 is 0.423 bits per heavy atom. The number of rotatable bonds is 67. The highest BCUT2D eigenvalue weighted by Gasteiger charge is 2.19. The molecule has 0 heterocycles. The molecule has 0 spiro atoms.